The van der Waals surface area contributed by atoms with Gasteiger partial charge in [0.1, 0.15) is 5.82 Å². The summed E-state index contributed by atoms with van der Waals surface area (Å²) in [5.74, 6) is -0.751. The number of furan rings is 1. The molecule has 1 heterocycles. The van der Waals surface area contributed by atoms with Crippen molar-refractivity contribution < 1.29 is 18.3 Å². The Bertz CT molecular complexity index is 572. The summed E-state index contributed by atoms with van der Waals surface area (Å²) in [6, 6.07) is 6.48. The standard InChI is InChI=1S/C14H14FNO3/c1-9-4-3-5-11(15)12(9)16-8-10-6-7-19-13(10)14(17)18-2/h3-7,16H,8H2,1-2H3. The fourth-order valence-corrected chi connectivity index (χ4v) is 1.79. The average Bonchev–Trinajstić information content (AvgIpc) is 2.85. The number of anilines is 1. The lowest BCUT2D eigenvalue weighted by molar-refractivity contribution is 0.0563. The number of rotatable bonds is 4. The number of esters is 1. The van der Waals surface area contributed by atoms with Crippen molar-refractivity contribution in [1.82, 2.24) is 0 Å². The van der Waals surface area contributed by atoms with Crippen LogP contribution in [0.4, 0.5) is 10.1 Å². The van der Waals surface area contributed by atoms with E-state index in [1.807, 2.05) is 13.0 Å². The molecule has 5 heteroatoms. The predicted molar refractivity (Wildman–Crippen MR) is 68.5 cm³/mol. The number of hydrogen-bond donors (Lipinski definition) is 1. The van der Waals surface area contributed by atoms with Crippen LogP contribution in [0.1, 0.15) is 21.7 Å². The Kier molecular flexibility index (Phi) is 3.85. The van der Waals surface area contributed by atoms with Gasteiger partial charge in [-0.05, 0) is 24.6 Å². The Balaban J connectivity index is 2.15. The summed E-state index contributed by atoms with van der Waals surface area (Å²) < 4.78 is 23.3. The molecule has 0 aliphatic rings. The molecule has 0 unspecified atom stereocenters. The van der Waals surface area contributed by atoms with Crippen molar-refractivity contribution >= 4 is 11.7 Å². The molecule has 2 rings (SSSR count). The lowest BCUT2D eigenvalue weighted by atomic mass is 10.1. The van der Waals surface area contributed by atoms with E-state index in [-0.39, 0.29) is 18.1 Å². The smallest absolute Gasteiger partial charge is 0.374 e. The summed E-state index contributed by atoms with van der Waals surface area (Å²) in [5.41, 5.74) is 1.83. The first-order chi connectivity index (χ1) is 9.13. The average molecular weight is 263 g/mol. The van der Waals surface area contributed by atoms with E-state index in [9.17, 15) is 9.18 Å². The van der Waals surface area contributed by atoms with Crippen LogP contribution in [0.3, 0.4) is 0 Å². The van der Waals surface area contributed by atoms with Gasteiger partial charge >= 0.3 is 5.97 Å². The molecule has 0 saturated carbocycles. The molecule has 1 aromatic heterocycles. The Morgan fingerprint density at radius 2 is 2.21 bits per heavy atom. The van der Waals surface area contributed by atoms with Gasteiger partial charge < -0.3 is 14.5 Å². The van der Waals surface area contributed by atoms with Crippen LogP contribution < -0.4 is 5.32 Å². The van der Waals surface area contributed by atoms with Crippen LogP contribution >= 0.6 is 0 Å². The first kappa shape index (κ1) is 13.1. The van der Waals surface area contributed by atoms with E-state index in [0.717, 1.165) is 5.56 Å². The quantitative estimate of drug-likeness (QED) is 0.861. The Morgan fingerprint density at radius 1 is 1.42 bits per heavy atom. The number of nitrogens with one attached hydrogen (secondary N) is 1. The third-order valence-electron chi connectivity index (χ3n) is 2.80. The maximum absolute atomic E-state index is 13.6. The summed E-state index contributed by atoms with van der Waals surface area (Å²) in [6.45, 7) is 2.09. The number of halogens is 1. The second kappa shape index (κ2) is 5.56. The molecular formula is C14H14FNO3. The highest BCUT2D eigenvalue weighted by Gasteiger charge is 2.16. The zero-order valence-electron chi connectivity index (χ0n) is 10.7. The topological polar surface area (TPSA) is 51.5 Å². The maximum Gasteiger partial charge on any atom is 0.374 e. The molecule has 0 radical (unpaired) electrons. The Labute approximate surface area is 110 Å². The van der Waals surface area contributed by atoms with Crippen LogP contribution in [-0.2, 0) is 11.3 Å². The molecule has 19 heavy (non-hydrogen) atoms. The molecule has 2 aromatic rings. The number of ether oxygens (including phenoxy) is 1. The normalized spacial score (nSPS) is 10.3. The molecule has 0 aliphatic heterocycles. The molecule has 0 bridgehead atoms. The second-order valence-electron chi connectivity index (χ2n) is 4.05. The van der Waals surface area contributed by atoms with Crippen LogP contribution in [0, 0.1) is 12.7 Å². The molecule has 0 aliphatic carbocycles. The van der Waals surface area contributed by atoms with E-state index in [1.54, 1.807) is 12.1 Å². The summed E-state index contributed by atoms with van der Waals surface area (Å²) in [6.07, 6.45) is 1.40. The van der Waals surface area contributed by atoms with Crippen molar-refractivity contribution in [2.24, 2.45) is 0 Å². The molecule has 1 N–H and O–H groups in total. The molecule has 1 aromatic carbocycles. The van der Waals surface area contributed by atoms with E-state index in [0.29, 0.717) is 11.3 Å². The first-order valence-electron chi connectivity index (χ1n) is 5.77. The van der Waals surface area contributed by atoms with Crippen molar-refractivity contribution in [3.63, 3.8) is 0 Å². The van der Waals surface area contributed by atoms with Gasteiger partial charge in [-0.2, -0.15) is 0 Å². The maximum atomic E-state index is 13.6. The molecule has 0 spiro atoms. The largest absolute Gasteiger partial charge is 0.463 e. The fourth-order valence-electron chi connectivity index (χ4n) is 1.79. The molecule has 0 fully saturated rings. The third-order valence-corrected chi connectivity index (χ3v) is 2.80. The first-order valence-corrected chi connectivity index (χ1v) is 5.77. The summed E-state index contributed by atoms with van der Waals surface area (Å²) in [4.78, 5) is 11.4. The Morgan fingerprint density at radius 3 is 2.89 bits per heavy atom. The minimum atomic E-state index is -0.549. The van der Waals surface area contributed by atoms with Crippen LogP contribution in [-0.4, -0.2) is 13.1 Å². The number of para-hydroxylation sites is 1. The van der Waals surface area contributed by atoms with Crippen molar-refractivity contribution in [2.75, 3.05) is 12.4 Å². The van der Waals surface area contributed by atoms with Crippen LogP contribution in [0.25, 0.3) is 0 Å². The molecular weight excluding hydrogens is 249 g/mol. The van der Waals surface area contributed by atoms with Crippen molar-refractivity contribution in [3.8, 4) is 0 Å². The third kappa shape index (κ3) is 2.76. The van der Waals surface area contributed by atoms with E-state index in [4.69, 9.17) is 4.42 Å². The van der Waals surface area contributed by atoms with Gasteiger partial charge in [0.25, 0.3) is 0 Å². The van der Waals surface area contributed by atoms with Gasteiger partial charge in [-0.1, -0.05) is 12.1 Å². The lowest BCUT2D eigenvalue weighted by Crippen LogP contribution is -2.08. The molecule has 4 nitrogen and oxygen atoms in total. The van der Waals surface area contributed by atoms with Gasteiger partial charge in [0.05, 0.1) is 19.1 Å². The second-order valence-corrected chi connectivity index (χ2v) is 4.05. The monoisotopic (exact) mass is 263 g/mol. The van der Waals surface area contributed by atoms with Crippen LogP contribution in [0.5, 0.6) is 0 Å². The lowest BCUT2D eigenvalue weighted by Gasteiger charge is -2.10. The van der Waals surface area contributed by atoms with Crippen LogP contribution in [0.15, 0.2) is 34.9 Å². The Hall–Kier alpha value is -2.30. The SMILES string of the molecule is COC(=O)c1occc1CNc1c(C)cccc1F. The van der Waals surface area contributed by atoms with Gasteiger partial charge in [0.15, 0.2) is 0 Å². The number of aryl methyl sites for hydroxylation is 1. The minimum absolute atomic E-state index is 0.129. The van der Waals surface area contributed by atoms with Gasteiger partial charge in [-0.25, -0.2) is 9.18 Å². The van der Waals surface area contributed by atoms with Crippen molar-refractivity contribution in [1.29, 1.82) is 0 Å². The summed E-state index contributed by atoms with van der Waals surface area (Å²) in [5, 5.41) is 2.96. The molecule has 0 saturated heterocycles. The molecule has 0 amide bonds. The highest BCUT2D eigenvalue weighted by atomic mass is 19.1. The predicted octanol–water partition coefficient (Wildman–Crippen LogP) is 3.13. The van der Waals surface area contributed by atoms with Gasteiger partial charge in [-0.3, -0.25) is 0 Å². The van der Waals surface area contributed by atoms with Crippen LogP contribution in [0.2, 0.25) is 0 Å². The van der Waals surface area contributed by atoms with E-state index >= 15 is 0 Å². The van der Waals surface area contributed by atoms with Gasteiger partial charge in [0, 0.05) is 12.1 Å². The molecule has 100 valence electrons. The van der Waals surface area contributed by atoms with Gasteiger partial charge in [0.2, 0.25) is 5.76 Å². The minimum Gasteiger partial charge on any atom is -0.463 e. The summed E-state index contributed by atoms with van der Waals surface area (Å²) >= 11 is 0. The zero-order valence-corrected chi connectivity index (χ0v) is 10.7. The van der Waals surface area contributed by atoms with E-state index < -0.39 is 5.97 Å². The number of carbonyl (C=O) groups excluding carboxylic acids is 1. The van der Waals surface area contributed by atoms with E-state index in [1.165, 1.54) is 19.4 Å². The molecule has 0 atom stereocenters. The van der Waals surface area contributed by atoms with E-state index in [2.05, 4.69) is 10.1 Å². The summed E-state index contributed by atoms with van der Waals surface area (Å²) in [7, 11) is 1.28. The number of carbonyl (C=O) groups is 1. The highest BCUT2D eigenvalue weighted by Crippen LogP contribution is 2.21. The number of benzene rings is 1. The number of methoxy groups -OCH3 is 1. The number of hydrogen-bond acceptors (Lipinski definition) is 4. The van der Waals surface area contributed by atoms with Gasteiger partial charge in [-0.15, -0.1) is 0 Å². The highest BCUT2D eigenvalue weighted by molar-refractivity contribution is 5.87. The van der Waals surface area contributed by atoms with Crippen molar-refractivity contribution in [2.45, 2.75) is 13.5 Å². The van der Waals surface area contributed by atoms with Crippen molar-refractivity contribution in [3.05, 3.63) is 53.2 Å². The fraction of sp³-hybridized carbons (Fsp3) is 0.214. The zero-order chi connectivity index (χ0) is 13.8.